The number of carbonyl (C=O) groups is 2. The highest BCUT2D eigenvalue weighted by atomic mass is 16.5. The Bertz CT molecular complexity index is 597. The minimum atomic E-state index is 0.0240. The second-order valence-corrected chi connectivity index (χ2v) is 6.07. The lowest BCUT2D eigenvalue weighted by Crippen LogP contribution is -2.41. The van der Waals surface area contributed by atoms with Gasteiger partial charge in [0.25, 0.3) is 0 Å². The lowest BCUT2D eigenvalue weighted by Gasteiger charge is -2.26. The number of anilines is 1. The van der Waals surface area contributed by atoms with E-state index in [-0.39, 0.29) is 11.8 Å². The van der Waals surface area contributed by atoms with Gasteiger partial charge in [0.15, 0.2) is 0 Å². The first-order valence-electron chi connectivity index (χ1n) is 8.08. The molecule has 0 spiro atoms. The Hall–Kier alpha value is -1.92. The number of benzene rings is 1. The van der Waals surface area contributed by atoms with E-state index in [1.54, 1.807) is 11.9 Å². The number of hydrogen-bond donors (Lipinski definition) is 1. The predicted molar refractivity (Wildman–Crippen MR) is 87.5 cm³/mol. The topological polar surface area (TPSA) is 61.9 Å². The van der Waals surface area contributed by atoms with E-state index in [0.29, 0.717) is 19.4 Å². The number of fused-ring (bicyclic) bond motifs is 1. The summed E-state index contributed by atoms with van der Waals surface area (Å²) in [5, 5.41) is 2.96. The van der Waals surface area contributed by atoms with Crippen LogP contribution >= 0.6 is 0 Å². The Morgan fingerprint density at radius 2 is 2.09 bits per heavy atom. The van der Waals surface area contributed by atoms with Crippen LogP contribution in [0.2, 0.25) is 0 Å². The number of carbonyl (C=O) groups excluding carboxylic acids is 2. The normalized spacial score (nSPS) is 18.1. The molecule has 2 amide bonds. The summed E-state index contributed by atoms with van der Waals surface area (Å²) in [5.74, 6) is 0.128. The molecule has 1 aromatic carbocycles. The van der Waals surface area contributed by atoms with E-state index in [1.807, 2.05) is 18.2 Å². The van der Waals surface area contributed by atoms with Crippen LogP contribution in [-0.4, -0.2) is 63.2 Å². The minimum Gasteiger partial charge on any atom is -0.379 e. The summed E-state index contributed by atoms with van der Waals surface area (Å²) in [4.78, 5) is 27.7. The zero-order valence-electron chi connectivity index (χ0n) is 13.5. The van der Waals surface area contributed by atoms with Crippen molar-refractivity contribution < 1.29 is 14.3 Å². The van der Waals surface area contributed by atoms with Gasteiger partial charge in [-0.2, -0.15) is 0 Å². The standard InChI is InChI=1S/C17H23N3O3/c1-19-15-3-2-13(10-14(15)12-17(19)22)11-16(21)18-4-5-20-6-8-23-9-7-20/h2-3,10H,4-9,11-12H2,1H3,(H,18,21). The predicted octanol–water partition coefficient (Wildman–Crippen LogP) is 0.196. The molecule has 1 fully saturated rings. The lowest BCUT2D eigenvalue weighted by molar-refractivity contribution is -0.120. The maximum Gasteiger partial charge on any atom is 0.231 e. The Morgan fingerprint density at radius 1 is 1.30 bits per heavy atom. The number of nitrogens with one attached hydrogen (secondary N) is 1. The van der Waals surface area contributed by atoms with Crippen molar-refractivity contribution in [1.82, 2.24) is 10.2 Å². The Balaban J connectivity index is 1.47. The molecule has 1 aromatic rings. The van der Waals surface area contributed by atoms with Gasteiger partial charge in [-0.1, -0.05) is 12.1 Å². The molecule has 1 N–H and O–H groups in total. The van der Waals surface area contributed by atoms with Crippen LogP contribution in [0, 0.1) is 0 Å². The molecule has 1 saturated heterocycles. The third-order valence-corrected chi connectivity index (χ3v) is 4.44. The number of morpholine rings is 1. The first-order chi connectivity index (χ1) is 11.1. The van der Waals surface area contributed by atoms with Crippen LogP contribution in [0.25, 0.3) is 0 Å². The highest BCUT2D eigenvalue weighted by Crippen LogP contribution is 2.28. The molecule has 2 aliphatic heterocycles. The maximum absolute atomic E-state index is 12.1. The molecular weight excluding hydrogens is 294 g/mol. The van der Waals surface area contributed by atoms with Gasteiger partial charge in [-0.15, -0.1) is 0 Å². The summed E-state index contributed by atoms with van der Waals surface area (Å²) in [7, 11) is 1.78. The number of amides is 2. The van der Waals surface area contributed by atoms with Gasteiger partial charge in [0.2, 0.25) is 11.8 Å². The third kappa shape index (κ3) is 3.89. The van der Waals surface area contributed by atoms with Crippen LogP contribution in [-0.2, 0) is 27.2 Å². The van der Waals surface area contributed by atoms with Crippen LogP contribution in [0.4, 0.5) is 5.69 Å². The van der Waals surface area contributed by atoms with Crippen molar-refractivity contribution in [3.63, 3.8) is 0 Å². The average Bonchev–Trinajstić information content (AvgIpc) is 2.82. The summed E-state index contributed by atoms with van der Waals surface area (Å²) in [6.07, 6.45) is 0.784. The first-order valence-corrected chi connectivity index (χ1v) is 8.08. The quantitative estimate of drug-likeness (QED) is 0.842. The molecule has 2 aliphatic rings. The summed E-state index contributed by atoms with van der Waals surface area (Å²) >= 11 is 0. The van der Waals surface area contributed by atoms with E-state index in [4.69, 9.17) is 4.74 Å². The number of hydrogen-bond acceptors (Lipinski definition) is 4. The van der Waals surface area contributed by atoms with E-state index < -0.39 is 0 Å². The van der Waals surface area contributed by atoms with Crippen LogP contribution < -0.4 is 10.2 Å². The molecule has 6 heteroatoms. The number of ether oxygens (including phenoxy) is 1. The van der Waals surface area contributed by atoms with Gasteiger partial charge in [-0.05, 0) is 17.2 Å². The van der Waals surface area contributed by atoms with Gasteiger partial charge in [0.1, 0.15) is 0 Å². The zero-order valence-corrected chi connectivity index (χ0v) is 13.5. The van der Waals surface area contributed by atoms with Gasteiger partial charge in [-0.25, -0.2) is 0 Å². The molecule has 0 radical (unpaired) electrons. The SMILES string of the molecule is CN1C(=O)Cc2cc(CC(=O)NCCN3CCOCC3)ccc21. The second-order valence-electron chi connectivity index (χ2n) is 6.07. The van der Waals surface area contributed by atoms with Gasteiger partial charge >= 0.3 is 0 Å². The molecule has 0 atom stereocenters. The van der Waals surface area contributed by atoms with E-state index in [0.717, 1.165) is 49.7 Å². The molecule has 124 valence electrons. The van der Waals surface area contributed by atoms with Crippen molar-refractivity contribution >= 4 is 17.5 Å². The molecule has 0 bridgehead atoms. The Kier molecular flexibility index (Phi) is 4.93. The average molecular weight is 317 g/mol. The van der Waals surface area contributed by atoms with Gasteiger partial charge < -0.3 is 15.0 Å². The van der Waals surface area contributed by atoms with E-state index in [2.05, 4.69) is 10.2 Å². The first kappa shape index (κ1) is 16.0. The molecule has 2 heterocycles. The minimum absolute atomic E-state index is 0.0240. The molecule has 0 unspecified atom stereocenters. The van der Waals surface area contributed by atoms with Crippen LogP contribution in [0.1, 0.15) is 11.1 Å². The molecular formula is C17H23N3O3. The van der Waals surface area contributed by atoms with Gasteiger partial charge in [0.05, 0.1) is 26.1 Å². The molecule has 23 heavy (non-hydrogen) atoms. The summed E-state index contributed by atoms with van der Waals surface area (Å²) in [6, 6.07) is 5.82. The second kappa shape index (κ2) is 7.10. The number of nitrogens with zero attached hydrogens (tertiary/aromatic N) is 2. The fraction of sp³-hybridized carbons (Fsp3) is 0.529. The fourth-order valence-corrected chi connectivity index (χ4v) is 3.06. The molecule has 3 rings (SSSR count). The van der Waals surface area contributed by atoms with E-state index in [9.17, 15) is 9.59 Å². The van der Waals surface area contributed by atoms with Crippen LogP contribution in [0.5, 0.6) is 0 Å². The van der Waals surface area contributed by atoms with Crippen molar-refractivity contribution in [3.05, 3.63) is 29.3 Å². The van der Waals surface area contributed by atoms with Gasteiger partial charge in [-0.3, -0.25) is 14.5 Å². The molecule has 0 saturated carbocycles. The zero-order chi connectivity index (χ0) is 16.2. The fourth-order valence-electron chi connectivity index (χ4n) is 3.06. The van der Waals surface area contributed by atoms with Crippen LogP contribution in [0.15, 0.2) is 18.2 Å². The maximum atomic E-state index is 12.1. The van der Waals surface area contributed by atoms with Crippen molar-refractivity contribution in [2.75, 3.05) is 51.3 Å². The third-order valence-electron chi connectivity index (χ3n) is 4.44. The largest absolute Gasteiger partial charge is 0.379 e. The summed E-state index contributed by atoms with van der Waals surface area (Å²) in [6.45, 7) is 4.93. The Labute approximate surface area is 136 Å². The van der Waals surface area contributed by atoms with Crippen molar-refractivity contribution in [2.45, 2.75) is 12.8 Å². The molecule has 0 aliphatic carbocycles. The lowest BCUT2D eigenvalue weighted by atomic mass is 10.1. The van der Waals surface area contributed by atoms with Crippen LogP contribution in [0.3, 0.4) is 0 Å². The van der Waals surface area contributed by atoms with Crippen molar-refractivity contribution in [1.29, 1.82) is 0 Å². The Morgan fingerprint density at radius 3 is 2.87 bits per heavy atom. The van der Waals surface area contributed by atoms with E-state index in [1.165, 1.54) is 0 Å². The van der Waals surface area contributed by atoms with Crippen molar-refractivity contribution in [3.8, 4) is 0 Å². The summed E-state index contributed by atoms with van der Waals surface area (Å²) < 4.78 is 5.30. The smallest absolute Gasteiger partial charge is 0.231 e. The highest BCUT2D eigenvalue weighted by molar-refractivity contribution is 6.01. The summed E-state index contributed by atoms with van der Waals surface area (Å²) in [5.41, 5.74) is 2.92. The highest BCUT2D eigenvalue weighted by Gasteiger charge is 2.24. The van der Waals surface area contributed by atoms with E-state index >= 15 is 0 Å². The monoisotopic (exact) mass is 317 g/mol. The van der Waals surface area contributed by atoms with Gasteiger partial charge in [0, 0.05) is 38.9 Å². The molecule has 0 aromatic heterocycles. The van der Waals surface area contributed by atoms with Crippen molar-refractivity contribution in [2.24, 2.45) is 0 Å². The number of likely N-dealkylation sites (N-methyl/N-ethyl adjacent to an activating group) is 1. The number of rotatable bonds is 5. The molecule has 6 nitrogen and oxygen atoms in total.